The number of hydrogen-bond donors (Lipinski definition) is 3. The zero-order valence-corrected chi connectivity index (χ0v) is 16.5. The number of aromatic nitrogens is 3. The molecule has 0 atom stereocenters. The number of rotatable bonds is 7. The predicted molar refractivity (Wildman–Crippen MR) is 101 cm³/mol. The van der Waals surface area contributed by atoms with Crippen LogP contribution in [0.1, 0.15) is 0 Å². The molecule has 0 aliphatic rings. The molecule has 0 radical (unpaired) electrons. The van der Waals surface area contributed by atoms with E-state index < -0.39 is 7.82 Å². The Morgan fingerprint density at radius 1 is 0.966 bits per heavy atom. The summed E-state index contributed by atoms with van der Waals surface area (Å²) in [7, 11) is -0.625. The first-order chi connectivity index (χ1) is 13.8. The summed E-state index contributed by atoms with van der Waals surface area (Å²) < 4.78 is 32.8. The van der Waals surface area contributed by atoms with Crippen molar-refractivity contribution in [2.45, 2.75) is 0 Å². The summed E-state index contributed by atoms with van der Waals surface area (Å²) in [5.74, 6) is 0.292. The molecule has 3 rings (SSSR count). The van der Waals surface area contributed by atoms with Crippen molar-refractivity contribution in [2.24, 2.45) is 0 Å². The molecule has 29 heavy (non-hydrogen) atoms. The van der Waals surface area contributed by atoms with Gasteiger partial charge in [0.1, 0.15) is 0 Å². The lowest BCUT2D eigenvalue weighted by molar-refractivity contribution is 0.276. The third-order valence-corrected chi connectivity index (χ3v) is 4.35. The summed E-state index contributed by atoms with van der Waals surface area (Å²) in [4.78, 5) is 18.3. The second-order valence-electron chi connectivity index (χ2n) is 5.68. The summed E-state index contributed by atoms with van der Waals surface area (Å²) in [6, 6.07) is 7.50. The lowest BCUT2D eigenvalue weighted by atomic mass is 10.1. The van der Waals surface area contributed by atoms with Gasteiger partial charge in [-0.05, 0) is 24.3 Å². The predicted octanol–water partition coefficient (Wildman–Crippen LogP) is 2.14. The molecule has 12 heteroatoms. The molecular formula is C17H18N3O8P. The lowest BCUT2D eigenvalue weighted by Crippen LogP contribution is -2.02. The topological polar surface area (TPSA) is 145 Å². The van der Waals surface area contributed by atoms with Gasteiger partial charge < -0.3 is 23.8 Å². The Morgan fingerprint density at radius 2 is 1.69 bits per heavy atom. The lowest BCUT2D eigenvalue weighted by Gasteiger charge is -2.14. The average molecular weight is 423 g/mol. The van der Waals surface area contributed by atoms with Crippen LogP contribution in [0, 0.1) is 0 Å². The minimum absolute atomic E-state index is 0.127. The summed E-state index contributed by atoms with van der Waals surface area (Å²) in [6.45, 7) is 0. The monoisotopic (exact) mass is 423 g/mol. The van der Waals surface area contributed by atoms with Gasteiger partial charge in [-0.25, -0.2) is 9.25 Å². The second-order valence-corrected chi connectivity index (χ2v) is 6.84. The number of phenols is 1. The van der Waals surface area contributed by atoms with Crippen LogP contribution < -0.4 is 18.7 Å². The van der Waals surface area contributed by atoms with Crippen molar-refractivity contribution in [3.05, 3.63) is 36.5 Å². The molecule has 0 bridgehead atoms. The van der Waals surface area contributed by atoms with Gasteiger partial charge in [-0.1, -0.05) is 5.21 Å². The van der Waals surface area contributed by atoms with Gasteiger partial charge in [-0.15, -0.1) is 5.10 Å². The molecule has 0 spiro atoms. The second kappa shape index (κ2) is 8.00. The summed E-state index contributed by atoms with van der Waals surface area (Å²) in [5, 5.41) is 18.1. The Morgan fingerprint density at radius 3 is 2.31 bits per heavy atom. The maximum absolute atomic E-state index is 11.3. The molecule has 0 aliphatic heterocycles. The van der Waals surface area contributed by atoms with Crippen LogP contribution in [0.15, 0.2) is 36.5 Å². The zero-order chi connectivity index (χ0) is 21.2. The maximum Gasteiger partial charge on any atom is 0.524 e. The van der Waals surface area contributed by atoms with E-state index >= 15 is 0 Å². The molecule has 0 aliphatic carbocycles. The molecule has 3 aromatic rings. The third kappa shape index (κ3) is 4.27. The first-order valence-electron chi connectivity index (χ1n) is 8.07. The Labute approximate surface area is 165 Å². The van der Waals surface area contributed by atoms with Crippen molar-refractivity contribution in [2.75, 3.05) is 21.3 Å². The van der Waals surface area contributed by atoms with E-state index in [1.807, 2.05) is 0 Å². The number of aromatic hydroxyl groups is 1. The molecule has 11 nitrogen and oxygen atoms in total. The first-order valence-corrected chi connectivity index (χ1v) is 9.60. The number of phosphoric acid groups is 1. The minimum atomic E-state index is -4.81. The molecule has 2 aromatic carbocycles. The Bertz CT molecular complexity index is 1080. The van der Waals surface area contributed by atoms with Gasteiger partial charge in [0.15, 0.2) is 23.0 Å². The van der Waals surface area contributed by atoms with Gasteiger partial charge in [-0.3, -0.25) is 9.79 Å². The molecule has 1 aromatic heterocycles. The third-order valence-electron chi connectivity index (χ3n) is 3.91. The van der Waals surface area contributed by atoms with Gasteiger partial charge >= 0.3 is 7.82 Å². The van der Waals surface area contributed by atoms with Crippen LogP contribution in [-0.2, 0) is 4.57 Å². The highest BCUT2D eigenvalue weighted by Crippen LogP contribution is 2.44. The zero-order valence-electron chi connectivity index (χ0n) is 15.6. The van der Waals surface area contributed by atoms with Gasteiger partial charge in [0.05, 0.1) is 38.9 Å². The van der Waals surface area contributed by atoms with E-state index in [9.17, 15) is 9.67 Å². The fraction of sp³-hybridized carbons (Fsp3) is 0.176. The number of hydrogen-bond acceptors (Lipinski definition) is 8. The molecule has 0 amide bonds. The van der Waals surface area contributed by atoms with Crippen molar-refractivity contribution in [1.29, 1.82) is 0 Å². The van der Waals surface area contributed by atoms with Crippen LogP contribution in [0.25, 0.3) is 16.9 Å². The molecule has 0 saturated heterocycles. The molecule has 0 fully saturated rings. The van der Waals surface area contributed by atoms with E-state index in [0.29, 0.717) is 22.7 Å². The number of benzene rings is 2. The van der Waals surface area contributed by atoms with E-state index in [4.69, 9.17) is 28.5 Å². The standard InChI is InChI=1S/C17H18N3O8P/c1-25-14-5-4-11(8-15(14)28-29(22,23)24)20-12(9-18-19-20)10-6-13(21)17(27-3)16(7-10)26-2/h4-9,21H,1-3H3,(H2,22,23,24). The molecule has 1 heterocycles. The van der Waals surface area contributed by atoms with E-state index in [1.165, 1.54) is 50.4 Å². The number of methoxy groups -OCH3 is 3. The summed E-state index contributed by atoms with van der Waals surface area (Å²) in [6.07, 6.45) is 1.45. The number of phosphoric ester groups is 1. The Hall–Kier alpha value is -3.27. The summed E-state index contributed by atoms with van der Waals surface area (Å²) >= 11 is 0. The largest absolute Gasteiger partial charge is 0.524 e. The molecular weight excluding hydrogens is 405 g/mol. The first kappa shape index (κ1) is 20.5. The molecule has 154 valence electrons. The normalized spacial score (nSPS) is 11.2. The fourth-order valence-corrected chi connectivity index (χ4v) is 3.11. The van der Waals surface area contributed by atoms with E-state index in [0.717, 1.165) is 0 Å². The smallest absolute Gasteiger partial charge is 0.504 e. The van der Waals surface area contributed by atoms with E-state index in [1.54, 1.807) is 12.1 Å². The SMILES string of the molecule is COc1ccc(-n2nncc2-c2cc(O)c(OC)c(OC)c2)cc1OP(=O)(O)O. The van der Waals surface area contributed by atoms with Gasteiger partial charge in [0.2, 0.25) is 5.75 Å². The highest BCUT2D eigenvalue weighted by molar-refractivity contribution is 7.46. The molecule has 3 N–H and O–H groups in total. The van der Waals surface area contributed by atoms with Crippen molar-refractivity contribution in [3.8, 4) is 45.7 Å². The van der Waals surface area contributed by atoms with Crippen molar-refractivity contribution in [1.82, 2.24) is 15.0 Å². The van der Waals surface area contributed by atoms with Crippen molar-refractivity contribution in [3.63, 3.8) is 0 Å². The van der Waals surface area contributed by atoms with Crippen LogP contribution in [0.3, 0.4) is 0 Å². The van der Waals surface area contributed by atoms with E-state index in [-0.39, 0.29) is 23.0 Å². The number of nitrogens with zero attached hydrogens (tertiary/aromatic N) is 3. The number of phenolic OH excluding ortho intramolecular Hbond substituents is 1. The molecule has 0 saturated carbocycles. The van der Waals surface area contributed by atoms with Crippen molar-refractivity contribution < 1.29 is 38.2 Å². The quantitative estimate of drug-likeness (QED) is 0.483. The fourth-order valence-electron chi connectivity index (χ4n) is 2.71. The average Bonchev–Trinajstić information content (AvgIpc) is 3.15. The Kier molecular flexibility index (Phi) is 5.64. The van der Waals surface area contributed by atoms with Crippen LogP contribution in [0.2, 0.25) is 0 Å². The molecule has 0 unspecified atom stereocenters. The van der Waals surface area contributed by atoms with E-state index in [2.05, 4.69) is 10.3 Å². The van der Waals surface area contributed by atoms with Gasteiger partial charge in [-0.2, -0.15) is 0 Å². The summed E-state index contributed by atoms with van der Waals surface area (Å²) in [5.41, 5.74) is 1.36. The highest BCUT2D eigenvalue weighted by atomic mass is 31.2. The maximum atomic E-state index is 11.3. The van der Waals surface area contributed by atoms with Crippen LogP contribution in [0.5, 0.6) is 28.7 Å². The van der Waals surface area contributed by atoms with Gasteiger partial charge in [0.25, 0.3) is 0 Å². The van der Waals surface area contributed by atoms with Crippen LogP contribution in [-0.4, -0.2) is 51.2 Å². The van der Waals surface area contributed by atoms with Crippen LogP contribution >= 0.6 is 7.82 Å². The Balaban J connectivity index is 2.11. The van der Waals surface area contributed by atoms with Crippen LogP contribution in [0.4, 0.5) is 0 Å². The number of ether oxygens (including phenoxy) is 3. The minimum Gasteiger partial charge on any atom is -0.504 e. The van der Waals surface area contributed by atoms with Crippen molar-refractivity contribution >= 4 is 7.82 Å². The van der Waals surface area contributed by atoms with Gasteiger partial charge in [0, 0.05) is 11.6 Å². The highest BCUT2D eigenvalue weighted by Gasteiger charge is 2.21.